The number of nitrogens with one attached hydrogen (secondary N) is 1. The number of hydrogen-bond acceptors (Lipinski definition) is 4. The molecule has 24 heavy (non-hydrogen) atoms. The Labute approximate surface area is 146 Å². The van der Waals surface area contributed by atoms with Gasteiger partial charge in [0.05, 0.1) is 12.7 Å². The largest absolute Gasteiger partial charge is 0.468 e. The smallest absolute Gasteiger partial charge is 0.318 e. The molecular formula is C19H21NO3S. The number of esters is 1. The molecule has 0 bridgehead atoms. The molecule has 0 aliphatic rings. The van der Waals surface area contributed by atoms with E-state index in [1.807, 2.05) is 50.2 Å². The number of thioether (sulfide) groups is 1. The highest BCUT2D eigenvalue weighted by molar-refractivity contribution is 8.00. The summed E-state index contributed by atoms with van der Waals surface area (Å²) < 4.78 is 4.75. The highest BCUT2D eigenvalue weighted by Gasteiger charge is 2.19. The molecule has 1 atom stereocenters. The zero-order chi connectivity index (χ0) is 17.7. The van der Waals surface area contributed by atoms with Gasteiger partial charge in [-0.2, -0.15) is 0 Å². The lowest BCUT2D eigenvalue weighted by Crippen LogP contribution is -2.17. The minimum atomic E-state index is -0.385. The van der Waals surface area contributed by atoms with Gasteiger partial charge in [0, 0.05) is 10.6 Å². The van der Waals surface area contributed by atoms with E-state index in [1.54, 1.807) is 13.0 Å². The summed E-state index contributed by atoms with van der Waals surface area (Å²) in [5, 5.41) is 2.57. The molecule has 5 heteroatoms. The molecule has 2 aromatic carbocycles. The normalized spacial score (nSPS) is 11.7. The van der Waals surface area contributed by atoms with E-state index in [0.717, 1.165) is 21.7 Å². The average molecular weight is 343 g/mol. The Hall–Kier alpha value is -2.27. The fourth-order valence-electron chi connectivity index (χ4n) is 2.22. The first kappa shape index (κ1) is 18.1. The molecule has 1 N–H and O–H groups in total. The summed E-state index contributed by atoms with van der Waals surface area (Å²) in [5.41, 5.74) is 3.42. The molecule has 2 rings (SSSR count). The predicted molar refractivity (Wildman–Crippen MR) is 97.6 cm³/mol. The molecule has 126 valence electrons. The van der Waals surface area contributed by atoms with Crippen molar-refractivity contribution in [3.05, 3.63) is 59.2 Å². The predicted octanol–water partition coefficient (Wildman–Crippen LogP) is 4.21. The van der Waals surface area contributed by atoms with Crippen LogP contribution < -0.4 is 5.32 Å². The maximum Gasteiger partial charge on any atom is 0.318 e. The number of aryl methyl sites for hydroxylation is 2. The standard InChI is InChI=1S/C19H21NO3S/c1-12-9-10-13(2)16(11-12)20-18(21)15-7-5-6-8-17(15)24-14(3)19(22)23-4/h5-11,14H,1-4H3,(H,20,21). The second-order valence-electron chi connectivity index (χ2n) is 5.55. The molecule has 2 aromatic rings. The Morgan fingerprint density at radius 3 is 2.54 bits per heavy atom. The van der Waals surface area contributed by atoms with E-state index >= 15 is 0 Å². The van der Waals surface area contributed by atoms with E-state index in [-0.39, 0.29) is 17.1 Å². The van der Waals surface area contributed by atoms with Crippen molar-refractivity contribution in [3.63, 3.8) is 0 Å². The van der Waals surface area contributed by atoms with Crippen LogP contribution in [0.15, 0.2) is 47.4 Å². The molecule has 1 unspecified atom stereocenters. The number of methoxy groups -OCH3 is 1. The summed E-state index contributed by atoms with van der Waals surface area (Å²) in [6.07, 6.45) is 0. The summed E-state index contributed by atoms with van der Waals surface area (Å²) in [6, 6.07) is 13.2. The Morgan fingerprint density at radius 2 is 1.83 bits per heavy atom. The molecule has 0 radical (unpaired) electrons. The Balaban J connectivity index is 2.23. The van der Waals surface area contributed by atoms with Gasteiger partial charge in [-0.1, -0.05) is 24.3 Å². The molecule has 0 saturated carbocycles. The van der Waals surface area contributed by atoms with Gasteiger partial charge in [0.1, 0.15) is 5.25 Å². The molecule has 4 nitrogen and oxygen atoms in total. The van der Waals surface area contributed by atoms with Crippen LogP contribution in [0.3, 0.4) is 0 Å². The maximum absolute atomic E-state index is 12.7. The lowest BCUT2D eigenvalue weighted by molar-refractivity contribution is -0.139. The van der Waals surface area contributed by atoms with Crippen LogP contribution in [0.4, 0.5) is 5.69 Å². The highest BCUT2D eigenvalue weighted by atomic mass is 32.2. The highest BCUT2D eigenvalue weighted by Crippen LogP contribution is 2.28. The molecule has 0 spiro atoms. The van der Waals surface area contributed by atoms with Gasteiger partial charge in [-0.25, -0.2) is 0 Å². The number of carbonyl (C=O) groups excluding carboxylic acids is 2. The number of carbonyl (C=O) groups is 2. The quantitative estimate of drug-likeness (QED) is 0.653. The first-order valence-corrected chi connectivity index (χ1v) is 8.52. The summed E-state index contributed by atoms with van der Waals surface area (Å²) in [5.74, 6) is -0.506. The molecule has 0 heterocycles. The minimum Gasteiger partial charge on any atom is -0.468 e. The molecule has 0 aliphatic carbocycles. The second-order valence-corrected chi connectivity index (χ2v) is 6.93. The van der Waals surface area contributed by atoms with Gasteiger partial charge in [-0.15, -0.1) is 11.8 Å². The maximum atomic E-state index is 12.7. The fraction of sp³-hybridized carbons (Fsp3) is 0.263. The molecule has 0 saturated heterocycles. The van der Waals surface area contributed by atoms with Crippen molar-refractivity contribution in [2.24, 2.45) is 0 Å². The van der Waals surface area contributed by atoms with Crippen molar-refractivity contribution in [2.75, 3.05) is 12.4 Å². The van der Waals surface area contributed by atoms with E-state index in [2.05, 4.69) is 5.32 Å². The van der Waals surface area contributed by atoms with Gasteiger partial charge >= 0.3 is 5.97 Å². The Morgan fingerprint density at radius 1 is 1.12 bits per heavy atom. The summed E-state index contributed by atoms with van der Waals surface area (Å²) in [4.78, 5) is 25.1. The number of rotatable bonds is 5. The topological polar surface area (TPSA) is 55.4 Å². The van der Waals surface area contributed by atoms with Crippen LogP contribution in [-0.2, 0) is 9.53 Å². The summed E-state index contributed by atoms with van der Waals surface area (Å²) in [6.45, 7) is 5.70. The first-order valence-electron chi connectivity index (χ1n) is 7.64. The third-order valence-corrected chi connectivity index (χ3v) is 4.77. The van der Waals surface area contributed by atoms with Crippen LogP contribution in [0.1, 0.15) is 28.4 Å². The van der Waals surface area contributed by atoms with Crippen molar-refractivity contribution < 1.29 is 14.3 Å². The van der Waals surface area contributed by atoms with Gasteiger partial charge in [0.2, 0.25) is 0 Å². The monoisotopic (exact) mass is 343 g/mol. The zero-order valence-corrected chi connectivity index (χ0v) is 15.1. The van der Waals surface area contributed by atoms with E-state index in [9.17, 15) is 9.59 Å². The lowest BCUT2D eigenvalue weighted by atomic mass is 10.1. The molecule has 0 fully saturated rings. The van der Waals surface area contributed by atoms with Crippen molar-refractivity contribution in [3.8, 4) is 0 Å². The molecule has 1 amide bonds. The third kappa shape index (κ3) is 4.38. The number of anilines is 1. The van der Waals surface area contributed by atoms with Crippen molar-refractivity contribution in [1.82, 2.24) is 0 Å². The first-order chi connectivity index (χ1) is 11.4. The Kier molecular flexibility index (Phi) is 6.04. The number of amides is 1. The van der Waals surface area contributed by atoms with Crippen LogP contribution in [0.2, 0.25) is 0 Å². The zero-order valence-electron chi connectivity index (χ0n) is 14.3. The SMILES string of the molecule is COC(=O)C(C)Sc1ccccc1C(=O)Nc1cc(C)ccc1C. The number of hydrogen-bond donors (Lipinski definition) is 1. The van der Waals surface area contributed by atoms with E-state index < -0.39 is 0 Å². The summed E-state index contributed by atoms with van der Waals surface area (Å²) in [7, 11) is 1.36. The van der Waals surface area contributed by atoms with Crippen LogP contribution >= 0.6 is 11.8 Å². The molecular weight excluding hydrogens is 322 g/mol. The second kappa shape index (κ2) is 8.02. The third-order valence-electron chi connectivity index (χ3n) is 3.61. The van der Waals surface area contributed by atoms with Gasteiger partial charge in [-0.05, 0) is 50.1 Å². The number of ether oxygens (including phenoxy) is 1. The number of benzene rings is 2. The van der Waals surface area contributed by atoms with Crippen molar-refractivity contribution >= 4 is 29.3 Å². The Bertz CT molecular complexity index is 758. The molecule has 0 aromatic heterocycles. The average Bonchev–Trinajstić information content (AvgIpc) is 2.57. The molecule has 0 aliphatic heterocycles. The lowest BCUT2D eigenvalue weighted by Gasteiger charge is -2.14. The van der Waals surface area contributed by atoms with Crippen molar-refractivity contribution in [2.45, 2.75) is 30.9 Å². The van der Waals surface area contributed by atoms with Gasteiger partial charge < -0.3 is 10.1 Å². The van der Waals surface area contributed by atoms with E-state index in [4.69, 9.17) is 4.74 Å². The van der Waals surface area contributed by atoms with Gasteiger partial charge in [0.15, 0.2) is 0 Å². The van der Waals surface area contributed by atoms with Crippen LogP contribution in [0.5, 0.6) is 0 Å². The van der Waals surface area contributed by atoms with Crippen LogP contribution in [0.25, 0.3) is 0 Å². The fourth-order valence-corrected chi connectivity index (χ4v) is 3.24. The van der Waals surface area contributed by atoms with Crippen LogP contribution in [-0.4, -0.2) is 24.2 Å². The van der Waals surface area contributed by atoms with E-state index in [1.165, 1.54) is 18.9 Å². The summed E-state index contributed by atoms with van der Waals surface area (Å²) >= 11 is 1.31. The van der Waals surface area contributed by atoms with E-state index in [0.29, 0.717) is 5.56 Å². The van der Waals surface area contributed by atoms with Crippen LogP contribution in [0, 0.1) is 13.8 Å². The van der Waals surface area contributed by atoms with Crippen molar-refractivity contribution in [1.29, 1.82) is 0 Å². The van der Waals surface area contributed by atoms with Gasteiger partial charge in [-0.3, -0.25) is 9.59 Å². The minimum absolute atomic E-state index is 0.191. The van der Waals surface area contributed by atoms with Gasteiger partial charge in [0.25, 0.3) is 5.91 Å².